The van der Waals surface area contributed by atoms with Gasteiger partial charge in [0.15, 0.2) is 11.7 Å². The van der Waals surface area contributed by atoms with E-state index in [0.29, 0.717) is 11.8 Å². The van der Waals surface area contributed by atoms with Gasteiger partial charge in [0, 0.05) is 11.8 Å². The van der Waals surface area contributed by atoms with Crippen molar-refractivity contribution in [3.63, 3.8) is 0 Å². The number of hydrogen-bond acceptors (Lipinski definition) is 3. The average Bonchev–Trinajstić information content (AvgIpc) is 2.69. The lowest BCUT2D eigenvalue weighted by molar-refractivity contribution is -0.137. The zero-order valence-electron chi connectivity index (χ0n) is 13.9. The van der Waals surface area contributed by atoms with Gasteiger partial charge in [-0.2, -0.15) is 18.4 Å². The minimum Gasteiger partial charge on any atom is -0.292 e. The maximum atomic E-state index is 12.6. The van der Waals surface area contributed by atoms with Crippen LogP contribution in [0.15, 0.2) is 72.9 Å². The molecule has 0 amide bonds. The number of rotatable bonds is 4. The summed E-state index contributed by atoms with van der Waals surface area (Å²) in [6, 6.07) is 20.0. The van der Waals surface area contributed by atoms with E-state index < -0.39 is 23.4 Å². The summed E-state index contributed by atoms with van der Waals surface area (Å²) in [5, 5.41) is 9.34. The molecule has 0 fully saturated rings. The molecule has 3 rings (SSSR count). The summed E-state index contributed by atoms with van der Waals surface area (Å²) in [4.78, 5) is 16.3. The van der Waals surface area contributed by atoms with Crippen LogP contribution in [0.4, 0.5) is 13.2 Å². The van der Waals surface area contributed by atoms with Gasteiger partial charge in [-0.15, -0.1) is 0 Å². The van der Waals surface area contributed by atoms with E-state index in [1.54, 1.807) is 24.3 Å². The number of nitriles is 1. The van der Waals surface area contributed by atoms with Gasteiger partial charge >= 0.3 is 6.18 Å². The number of nitrogens with zero attached hydrogens (tertiary/aromatic N) is 2. The van der Waals surface area contributed by atoms with Crippen molar-refractivity contribution >= 4 is 5.78 Å². The van der Waals surface area contributed by atoms with Crippen LogP contribution in [-0.2, 0) is 6.18 Å². The first kappa shape index (κ1) is 18.3. The molecular weight excluding hydrogens is 353 g/mol. The highest BCUT2D eigenvalue weighted by molar-refractivity contribution is 6.02. The standard InChI is InChI=1S/C21H13F3N2O/c22-21(23,24)17-10-11-19(26-13-17)18(12-25)20(27)16-8-6-15(7-9-16)14-4-2-1-3-5-14/h1-11,13,18H. The largest absolute Gasteiger partial charge is 0.417 e. The number of ketones is 1. The molecule has 1 unspecified atom stereocenters. The SMILES string of the molecule is N#CC(C(=O)c1ccc(-c2ccccc2)cc1)c1ccc(C(F)(F)F)cn1. The van der Waals surface area contributed by atoms with Gasteiger partial charge < -0.3 is 0 Å². The molecule has 2 aromatic carbocycles. The molecule has 0 saturated heterocycles. The number of Topliss-reactive ketones (excluding diaryl/α,β-unsaturated/α-hetero) is 1. The van der Waals surface area contributed by atoms with Crippen LogP contribution in [0.2, 0.25) is 0 Å². The fraction of sp³-hybridized carbons (Fsp3) is 0.0952. The lowest BCUT2D eigenvalue weighted by Gasteiger charge is -2.11. The molecule has 3 aromatic rings. The molecule has 1 atom stereocenters. The van der Waals surface area contributed by atoms with Crippen LogP contribution in [-0.4, -0.2) is 10.8 Å². The fourth-order valence-electron chi connectivity index (χ4n) is 2.63. The van der Waals surface area contributed by atoms with E-state index in [9.17, 15) is 23.2 Å². The first-order valence-corrected chi connectivity index (χ1v) is 8.02. The van der Waals surface area contributed by atoms with E-state index in [-0.39, 0.29) is 5.69 Å². The monoisotopic (exact) mass is 366 g/mol. The van der Waals surface area contributed by atoms with Crippen molar-refractivity contribution < 1.29 is 18.0 Å². The number of carbonyl (C=O) groups is 1. The summed E-state index contributed by atoms with van der Waals surface area (Å²) >= 11 is 0. The molecule has 0 aliphatic rings. The van der Waals surface area contributed by atoms with Crippen LogP contribution in [0.5, 0.6) is 0 Å². The van der Waals surface area contributed by atoms with Crippen LogP contribution >= 0.6 is 0 Å². The second-order valence-electron chi connectivity index (χ2n) is 5.84. The highest BCUT2D eigenvalue weighted by Gasteiger charge is 2.31. The van der Waals surface area contributed by atoms with E-state index in [0.717, 1.165) is 23.3 Å². The Kier molecular flexibility index (Phi) is 5.04. The lowest BCUT2D eigenvalue weighted by atomic mass is 9.93. The molecule has 134 valence electrons. The first-order valence-electron chi connectivity index (χ1n) is 8.02. The molecule has 3 nitrogen and oxygen atoms in total. The van der Waals surface area contributed by atoms with Gasteiger partial charge in [-0.3, -0.25) is 9.78 Å². The molecule has 1 heterocycles. The Morgan fingerprint density at radius 2 is 1.56 bits per heavy atom. The molecule has 0 aliphatic carbocycles. The van der Waals surface area contributed by atoms with Gasteiger partial charge in [0.25, 0.3) is 0 Å². The van der Waals surface area contributed by atoms with E-state index in [1.807, 2.05) is 36.4 Å². The Morgan fingerprint density at radius 1 is 0.926 bits per heavy atom. The van der Waals surface area contributed by atoms with Crippen molar-refractivity contribution in [3.05, 3.63) is 89.7 Å². The molecule has 0 spiro atoms. The van der Waals surface area contributed by atoms with E-state index in [4.69, 9.17) is 0 Å². The number of alkyl halides is 3. The normalized spacial score (nSPS) is 12.2. The predicted octanol–water partition coefficient (Wildman–Crippen LogP) is 5.26. The van der Waals surface area contributed by atoms with Crippen LogP contribution in [0.25, 0.3) is 11.1 Å². The third-order valence-electron chi connectivity index (χ3n) is 4.08. The Labute approximate surface area is 153 Å². The Bertz CT molecular complexity index is 973. The molecule has 6 heteroatoms. The minimum absolute atomic E-state index is 0.0114. The topological polar surface area (TPSA) is 53.8 Å². The van der Waals surface area contributed by atoms with Gasteiger partial charge in [0.2, 0.25) is 0 Å². The van der Waals surface area contributed by atoms with Gasteiger partial charge in [0.1, 0.15) is 0 Å². The molecule has 0 bridgehead atoms. The average molecular weight is 366 g/mol. The second-order valence-corrected chi connectivity index (χ2v) is 5.84. The maximum absolute atomic E-state index is 12.6. The highest BCUT2D eigenvalue weighted by Crippen LogP contribution is 2.30. The summed E-state index contributed by atoms with van der Waals surface area (Å²) in [5.41, 5.74) is 1.25. The van der Waals surface area contributed by atoms with Crippen LogP contribution in [0.3, 0.4) is 0 Å². The molecule has 27 heavy (non-hydrogen) atoms. The summed E-state index contributed by atoms with van der Waals surface area (Å²) in [5.74, 6) is -1.78. The third-order valence-corrected chi connectivity index (χ3v) is 4.08. The minimum atomic E-state index is -4.52. The number of hydrogen-bond donors (Lipinski definition) is 0. The number of halogens is 3. The molecular formula is C21H13F3N2O. The number of benzene rings is 2. The van der Waals surface area contributed by atoms with Gasteiger partial charge in [-0.25, -0.2) is 0 Å². The quantitative estimate of drug-likeness (QED) is 0.592. The Balaban J connectivity index is 1.84. The van der Waals surface area contributed by atoms with Crippen molar-refractivity contribution in [1.82, 2.24) is 4.98 Å². The van der Waals surface area contributed by atoms with E-state index >= 15 is 0 Å². The van der Waals surface area contributed by atoms with Crippen LogP contribution in [0, 0.1) is 11.3 Å². The summed E-state index contributed by atoms with van der Waals surface area (Å²) in [6.45, 7) is 0. The number of pyridine rings is 1. The summed E-state index contributed by atoms with van der Waals surface area (Å²) in [6.07, 6.45) is -3.89. The predicted molar refractivity (Wildman–Crippen MR) is 93.8 cm³/mol. The van der Waals surface area contributed by atoms with Gasteiger partial charge in [0.05, 0.1) is 17.3 Å². The fourth-order valence-corrected chi connectivity index (χ4v) is 2.63. The van der Waals surface area contributed by atoms with Crippen molar-refractivity contribution in [2.45, 2.75) is 12.1 Å². The van der Waals surface area contributed by atoms with Crippen molar-refractivity contribution in [2.75, 3.05) is 0 Å². The van der Waals surface area contributed by atoms with Crippen LogP contribution < -0.4 is 0 Å². The van der Waals surface area contributed by atoms with Gasteiger partial charge in [-0.05, 0) is 23.3 Å². The first-order chi connectivity index (χ1) is 12.9. The molecule has 0 aliphatic heterocycles. The second kappa shape index (κ2) is 7.42. The third kappa shape index (κ3) is 4.04. The Morgan fingerprint density at radius 3 is 2.07 bits per heavy atom. The zero-order valence-corrected chi connectivity index (χ0v) is 13.9. The molecule has 0 radical (unpaired) electrons. The maximum Gasteiger partial charge on any atom is 0.417 e. The molecule has 0 saturated carbocycles. The summed E-state index contributed by atoms with van der Waals surface area (Å²) < 4.78 is 37.9. The van der Waals surface area contributed by atoms with Crippen molar-refractivity contribution in [3.8, 4) is 17.2 Å². The molecule has 0 N–H and O–H groups in total. The lowest BCUT2D eigenvalue weighted by Crippen LogP contribution is -2.14. The summed E-state index contributed by atoms with van der Waals surface area (Å²) in [7, 11) is 0. The van der Waals surface area contributed by atoms with Crippen molar-refractivity contribution in [2.24, 2.45) is 0 Å². The Hall–Kier alpha value is -3.46. The van der Waals surface area contributed by atoms with Crippen molar-refractivity contribution in [1.29, 1.82) is 5.26 Å². The number of carbonyl (C=O) groups excluding carboxylic acids is 1. The smallest absolute Gasteiger partial charge is 0.292 e. The highest BCUT2D eigenvalue weighted by atomic mass is 19.4. The van der Waals surface area contributed by atoms with E-state index in [1.165, 1.54) is 0 Å². The number of aromatic nitrogens is 1. The van der Waals surface area contributed by atoms with E-state index in [2.05, 4.69) is 4.98 Å². The molecule has 1 aromatic heterocycles. The van der Waals surface area contributed by atoms with Gasteiger partial charge in [-0.1, -0.05) is 54.6 Å². The van der Waals surface area contributed by atoms with Crippen LogP contribution in [0.1, 0.15) is 27.5 Å². The zero-order chi connectivity index (χ0) is 19.4.